The first kappa shape index (κ1) is 30.7. The number of carbonyl (C=O) groups is 1. The van der Waals surface area contributed by atoms with Crippen molar-refractivity contribution in [2.24, 2.45) is 0 Å². The monoisotopic (exact) mass is 647 g/mol. The molecular weight excluding hydrogens is 623 g/mol. The van der Waals surface area contributed by atoms with Crippen LogP contribution >= 0.6 is 15.9 Å². The first-order chi connectivity index (χ1) is 19.0. The fraction of sp³-hybridized carbons (Fsp3) is 0.345. The zero-order valence-corrected chi connectivity index (χ0v) is 23.8. The maximum absolute atomic E-state index is 14.7. The number of rotatable bonds is 6. The normalized spacial score (nSPS) is 17.8. The molecule has 1 unspecified atom stereocenters. The minimum Gasteiger partial charge on any atom is -0.496 e. The molecule has 41 heavy (non-hydrogen) atoms. The van der Waals surface area contributed by atoms with Gasteiger partial charge in [0.05, 0.1) is 30.8 Å². The van der Waals surface area contributed by atoms with Crippen molar-refractivity contribution in [2.75, 3.05) is 7.11 Å². The second-order valence-corrected chi connectivity index (χ2v) is 11.0. The second kappa shape index (κ2) is 11.2. The molecule has 2 atom stereocenters. The van der Waals surface area contributed by atoms with Gasteiger partial charge in [-0.05, 0) is 71.5 Å². The van der Waals surface area contributed by atoms with Crippen LogP contribution in [0.3, 0.4) is 0 Å². The fourth-order valence-corrected chi connectivity index (χ4v) is 5.24. The van der Waals surface area contributed by atoms with Gasteiger partial charge in [0.1, 0.15) is 17.7 Å². The van der Waals surface area contributed by atoms with Crippen LogP contribution in [0.4, 0.5) is 35.5 Å². The summed E-state index contributed by atoms with van der Waals surface area (Å²) >= 11 is 3.40. The molecule has 1 aliphatic rings. The highest BCUT2D eigenvalue weighted by atomic mass is 79.9. The van der Waals surface area contributed by atoms with Gasteiger partial charge in [0.2, 0.25) is 0 Å². The maximum atomic E-state index is 14.7. The molecule has 0 aliphatic carbocycles. The van der Waals surface area contributed by atoms with E-state index in [4.69, 9.17) is 9.47 Å². The number of cyclic esters (lactones) is 1. The predicted molar refractivity (Wildman–Crippen MR) is 141 cm³/mol. The van der Waals surface area contributed by atoms with Crippen LogP contribution in [0.2, 0.25) is 0 Å². The summed E-state index contributed by atoms with van der Waals surface area (Å²) in [5.74, 6) is -0.353. The van der Waals surface area contributed by atoms with E-state index in [9.17, 15) is 35.5 Å². The number of hydrogen-bond acceptors (Lipinski definition) is 3. The highest BCUT2D eigenvalue weighted by Crippen LogP contribution is 2.43. The summed E-state index contributed by atoms with van der Waals surface area (Å²) in [6.45, 7) is 5.04. The second-order valence-electron chi connectivity index (χ2n) is 10.0. The van der Waals surface area contributed by atoms with E-state index < -0.39 is 53.1 Å². The molecule has 12 heteroatoms. The molecule has 1 saturated heterocycles. The number of ether oxygens (including phenoxy) is 2. The van der Waals surface area contributed by atoms with Gasteiger partial charge < -0.3 is 9.47 Å². The predicted octanol–water partition coefficient (Wildman–Crippen LogP) is 9.51. The zero-order chi connectivity index (χ0) is 30.4. The SMILES string of the molecule is COc1cc(F)c(C(C)C)cc1-c1ccc(Br)cc1CN1C(=O)O[C@H](c2cc(C(F)(F)F)cc(C(F)(F)F)c2)C1C. The van der Waals surface area contributed by atoms with Crippen molar-refractivity contribution in [3.05, 3.63) is 86.6 Å². The largest absolute Gasteiger partial charge is 0.496 e. The van der Waals surface area contributed by atoms with E-state index in [0.29, 0.717) is 38.9 Å². The zero-order valence-electron chi connectivity index (χ0n) is 22.3. The Morgan fingerprint density at radius 2 is 1.56 bits per heavy atom. The molecular formula is C29H25BrF7NO3. The van der Waals surface area contributed by atoms with E-state index in [1.54, 1.807) is 24.3 Å². The lowest BCUT2D eigenvalue weighted by molar-refractivity contribution is -0.143. The van der Waals surface area contributed by atoms with E-state index in [0.717, 1.165) is 0 Å². The molecule has 0 N–H and O–H groups in total. The molecule has 1 fully saturated rings. The van der Waals surface area contributed by atoms with Crippen molar-refractivity contribution in [1.29, 1.82) is 0 Å². The molecule has 1 amide bonds. The van der Waals surface area contributed by atoms with Crippen molar-refractivity contribution in [2.45, 2.75) is 57.7 Å². The quantitative estimate of drug-likeness (QED) is 0.250. The van der Waals surface area contributed by atoms with Crippen molar-refractivity contribution in [1.82, 2.24) is 4.90 Å². The molecule has 0 bridgehead atoms. The van der Waals surface area contributed by atoms with E-state index in [2.05, 4.69) is 15.9 Å². The van der Waals surface area contributed by atoms with Gasteiger partial charge in [0.25, 0.3) is 0 Å². The van der Waals surface area contributed by atoms with Gasteiger partial charge >= 0.3 is 18.4 Å². The summed E-state index contributed by atoms with van der Waals surface area (Å²) in [6.07, 6.45) is -12.4. The summed E-state index contributed by atoms with van der Waals surface area (Å²) < 4.78 is 107. The lowest BCUT2D eigenvalue weighted by atomic mass is 9.93. The number of methoxy groups -OCH3 is 1. The molecule has 220 valence electrons. The first-order valence-corrected chi connectivity index (χ1v) is 13.2. The van der Waals surface area contributed by atoms with E-state index in [1.807, 2.05) is 13.8 Å². The Labute approximate surface area is 240 Å². The van der Waals surface area contributed by atoms with Crippen LogP contribution in [0, 0.1) is 5.82 Å². The number of halogens is 8. The minimum atomic E-state index is -5.05. The Morgan fingerprint density at radius 1 is 0.951 bits per heavy atom. The number of benzene rings is 3. The van der Waals surface area contributed by atoms with E-state index in [1.165, 1.54) is 25.0 Å². The molecule has 0 aromatic heterocycles. The highest BCUT2D eigenvalue weighted by Gasteiger charge is 2.43. The Kier molecular flexibility index (Phi) is 8.37. The van der Waals surface area contributed by atoms with Crippen molar-refractivity contribution < 1.29 is 45.0 Å². The summed E-state index contributed by atoms with van der Waals surface area (Å²) in [5.41, 5.74) is -1.28. The van der Waals surface area contributed by atoms with Crippen LogP contribution in [0.15, 0.2) is 53.0 Å². The van der Waals surface area contributed by atoms with E-state index >= 15 is 0 Å². The maximum Gasteiger partial charge on any atom is 0.416 e. The molecule has 1 aliphatic heterocycles. The van der Waals surface area contributed by atoms with Gasteiger partial charge in [-0.25, -0.2) is 9.18 Å². The van der Waals surface area contributed by atoms with Gasteiger partial charge in [-0.2, -0.15) is 26.3 Å². The number of alkyl halides is 6. The Hall–Kier alpha value is -3.28. The van der Waals surface area contributed by atoms with Crippen LogP contribution in [0.5, 0.6) is 5.75 Å². The smallest absolute Gasteiger partial charge is 0.416 e. The summed E-state index contributed by atoms with van der Waals surface area (Å²) in [6, 6.07) is 8.35. The molecule has 0 radical (unpaired) electrons. The minimum absolute atomic E-state index is 0.0258. The average Bonchev–Trinajstić information content (AvgIpc) is 3.15. The van der Waals surface area contributed by atoms with Gasteiger partial charge in [0, 0.05) is 16.1 Å². The van der Waals surface area contributed by atoms with Crippen LogP contribution in [-0.4, -0.2) is 24.1 Å². The van der Waals surface area contributed by atoms with Crippen LogP contribution in [0.25, 0.3) is 11.1 Å². The van der Waals surface area contributed by atoms with Crippen molar-refractivity contribution in [3.63, 3.8) is 0 Å². The lowest BCUT2D eigenvalue weighted by Gasteiger charge is -2.24. The van der Waals surface area contributed by atoms with Crippen LogP contribution in [-0.2, 0) is 23.6 Å². The highest BCUT2D eigenvalue weighted by molar-refractivity contribution is 9.10. The van der Waals surface area contributed by atoms with Gasteiger partial charge in [-0.15, -0.1) is 0 Å². The molecule has 3 aromatic rings. The van der Waals surface area contributed by atoms with Gasteiger partial charge in [-0.3, -0.25) is 4.90 Å². The third-order valence-corrected chi connectivity index (χ3v) is 7.46. The fourth-order valence-electron chi connectivity index (χ4n) is 4.84. The average molecular weight is 648 g/mol. The van der Waals surface area contributed by atoms with Gasteiger partial charge in [-0.1, -0.05) is 35.8 Å². The summed E-state index contributed by atoms with van der Waals surface area (Å²) in [5, 5.41) is 0. The van der Waals surface area contributed by atoms with Gasteiger partial charge in [0.15, 0.2) is 0 Å². The summed E-state index contributed by atoms with van der Waals surface area (Å²) in [4.78, 5) is 14.2. The third kappa shape index (κ3) is 6.32. The number of hydrogen-bond donors (Lipinski definition) is 0. The third-order valence-electron chi connectivity index (χ3n) is 6.97. The molecule has 0 saturated carbocycles. The number of nitrogens with zero attached hydrogens (tertiary/aromatic N) is 1. The standard InChI is InChI=1S/C29H25BrF7NO3/c1-14(2)22-11-23(25(40-4)12-24(22)31)21-6-5-20(30)9-17(21)13-38-15(3)26(41-27(38)39)16-7-18(28(32,33)34)10-19(8-16)29(35,36)37/h5-12,14-15,26H,13H2,1-4H3/t15?,26-/m0/s1. The molecule has 0 spiro atoms. The molecule has 1 heterocycles. The Balaban J connectivity index is 1.75. The van der Waals surface area contributed by atoms with Crippen LogP contribution < -0.4 is 4.74 Å². The summed E-state index contributed by atoms with van der Waals surface area (Å²) in [7, 11) is 1.39. The number of carbonyl (C=O) groups excluding carboxylic acids is 1. The lowest BCUT2D eigenvalue weighted by Crippen LogP contribution is -2.31. The molecule has 3 aromatic carbocycles. The Morgan fingerprint density at radius 3 is 2.10 bits per heavy atom. The van der Waals surface area contributed by atoms with Crippen LogP contribution in [0.1, 0.15) is 60.6 Å². The van der Waals surface area contributed by atoms with E-state index in [-0.39, 0.29) is 24.3 Å². The Bertz CT molecular complexity index is 1440. The molecule has 4 rings (SSSR count). The number of amides is 1. The topological polar surface area (TPSA) is 38.8 Å². The van der Waals surface area contributed by atoms with Crippen molar-refractivity contribution >= 4 is 22.0 Å². The van der Waals surface area contributed by atoms with Crippen molar-refractivity contribution in [3.8, 4) is 16.9 Å². The molecule has 4 nitrogen and oxygen atoms in total. The first-order valence-electron chi connectivity index (χ1n) is 12.4.